The molecule has 2 aromatic rings. The lowest BCUT2D eigenvalue weighted by atomic mass is 10.1. The maximum atomic E-state index is 11.9. The molecule has 0 aromatic heterocycles. The third kappa shape index (κ3) is 5.43. The molecule has 3 N–H and O–H groups in total. The first-order valence-corrected chi connectivity index (χ1v) is 7.98. The first-order chi connectivity index (χ1) is 11.6. The molecule has 24 heavy (non-hydrogen) atoms. The quantitative estimate of drug-likeness (QED) is 0.764. The molecule has 0 aliphatic carbocycles. The Morgan fingerprint density at radius 1 is 0.875 bits per heavy atom. The van der Waals surface area contributed by atoms with Crippen LogP contribution in [0.3, 0.4) is 0 Å². The van der Waals surface area contributed by atoms with Crippen LogP contribution in [0.25, 0.3) is 0 Å². The van der Waals surface area contributed by atoms with E-state index in [1.807, 2.05) is 62.4 Å². The highest BCUT2D eigenvalue weighted by atomic mass is 16.2. The molecule has 0 saturated heterocycles. The van der Waals surface area contributed by atoms with Gasteiger partial charge in [0.1, 0.15) is 0 Å². The van der Waals surface area contributed by atoms with Gasteiger partial charge in [-0.1, -0.05) is 48.5 Å². The highest BCUT2D eigenvalue weighted by Crippen LogP contribution is 2.18. The maximum Gasteiger partial charge on any atom is 0.319 e. The summed E-state index contributed by atoms with van der Waals surface area (Å²) in [6, 6.07) is 15.3. The van der Waals surface area contributed by atoms with Gasteiger partial charge in [0.05, 0.1) is 6.54 Å². The minimum Gasteiger partial charge on any atom is -0.354 e. The van der Waals surface area contributed by atoms with Crippen LogP contribution in [0, 0.1) is 13.8 Å². The SMILES string of the molecule is Cc1cccc(C)c1NC(=O)NCC(=O)NCCc1ccccc1. The average molecular weight is 325 g/mol. The number of benzene rings is 2. The van der Waals surface area contributed by atoms with Crippen LogP contribution < -0.4 is 16.0 Å². The average Bonchev–Trinajstić information content (AvgIpc) is 2.57. The van der Waals surface area contributed by atoms with Crippen molar-refractivity contribution in [2.45, 2.75) is 20.3 Å². The molecular weight excluding hydrogens is 302 g/mol. The summed E-state index contributed by atoms with van der Waals surface area (Å²) in [5.74, 6) is -0.206. The van der Waals surface area contributed by atoms with Gasteiger partial charge in [0, 0.05) is 12.2 Å². The van der Waals surface area contributed by atoms with Crippen LogP contribution >= 0.6 is 0 Å². The Labute approximate surface area is 142 Å². The summed E-state index contributed by atoms with van der Waals surface area (Å²) >= 11 is 0. The van der Waals surface area contributed by atoms with E-state index in [9.17, 15) is 9.59 Å². The highest BCUT2D eigenvalue weighted by molar-refractivity contribution is 5.93. The van der Waals surface area contributed by atoms with Gasteiger partial charge >= 0.3 is 6.03 Å². The number of amides is 3. The molecule has 2 rings (SSSR count). The van der Waals surface area contributed by atoms with Crippen molar-refractivity contribution < 1.29 is 9.59 Å². The van der Waals surface area contributed by atoms with E-state index in [-0.39, 0.29) is 18.5 Å². The third-order valence-electron chi connectivity index (χ3n) is 3.71. The van der Waals surface area contributed by atoms with Crippen molar-refractivity contribution in [1.29, 1.82) is 0 Å². The smallest absolute Gasteiger partial charge is 0.319 e. The summed E-state index contributed by atoms with van der Waals surface area (Å²) in [5.41, 5.74) is 3.91. The van der Waals surface area contributed by atoms with Gasteiger partial charge in [-0.2, -0.15) is 0 Å². The molecule has 0 fully saturated rings. The van der Waals surface area contributed by atoms with E-state index in [0.29, 0.717) is 6.54 Å². The molecule has 3 amide bonds. The number of hydrogen-bond donors (Lipinski definition) is 3. The number of hydrogen-bond acceptors (Lipinski definition) is 2. The molecule has 5 heteroatoms. The van der Waals surface area contributed by atoms with Gasteiger partial charge in [0.2, 0.25) is 5.91 Å². The van der Waals surface area contributed by atoms with Crippen molar-refractivity contribution in [3.63, 3.8) is 0 Å². The Morgan fingerprint density at radius 2 is 1.54 bits per heavy atom. The number of anilines is 1. The fraction of sp³-hybridized carbons (Fsp3) is 0.263. The van der Waals surface area contributed by atoms with Gasteiger partial charge in [0.15, 0.2) is 0 Å². The second-order valence-electron chi connectivity index (χ2n) is 5.66. The molecular formula is C19H23N3O2. The van der Waals surface area contributed by atoms with Gasteiger partial charge in [-0.05, 0) is 37.0 Å². The molecule has 0 bridgehead atoms. The number of rotatable bonds is 6. The van der Waals surface area contributed by atoms with Crippen LogP contribution in [-0.4, -0.2) is 25.0 Å². The predicted octanol–water partition coefficient (Wildman–Crippen LogP) is 2.78. The first kappa shape index (κ1) is 17.5. The van der Waals surface area contributed by atoms with E-state index in [2.05, 4.69) is 16.0 Å². The van der Waals surface area contributed by atoms with Gasteiger partial charge in [-0.15, -0.1) is 0 Å². The van der Waals surface area contributed by atoms with Gasteiger partial charge < -0.3 is 16.0 Å². The Kier molecular flexibility index (Phi) is 6.37. The predicted molar refractivity (Wildman–Crippen MR) is 96.1 cm³/mol. The molecule has 0 heterocycles. The third-order valence-corrected chi connectivity index (χ3v) is 3.71. The molecule has 0 aliphatic rings. The lowest BCUT2D eigenvalue weighted by Gasteiger charge is -2.12. The van der Waals surface area contributed by atoms with Crippen molar-refractivity contribution >= 4 is 17.6 Å². The molecule has 0 atom stereocenters. The van der Waals surface area contributed by atoms with E-state index in [1.54, 1.807) is 0 Å². The normalized spacial score (nSPS) is 10.1. The Balaban J connectivity index is 1.70. The van der Waals surface area contributed by atoms with Gasteiger partial charge in [0.25, 0.3) is 0 Å². The Bertz CT molecular complexity index is 679. The van der Waals surface area contributed by atoms with Crippen LogP contribution in [0.5, 0.6) is 0 Å². The minimum absolute atomic E-state index is 0.0500. The second-order valence-corrected chi connectivity index (χ2v) is 5.66. The van der Waals surface area contributed by atoms with Gasteiger partial charge in [-0.25, -0.2) is 4.79 Å². The molecule has 0 unspecified atom stereocenters. The van der Waals surface area contributed by atoms with Crippen molar-refractivity contribution in [3.05, 3.63) is 65.2 Å². The molecule has 126 valence electrons. The van der Waals surface area contributed by atoms with Crippen LogP contribution in [0.1, 0.15) is 16.7 Å². The van der Waals surface area contributed by atoms with Crippen molar-refractivity contribution in [2.75, 3.05) is 18.4 Å². The van der Waals surface area contributed by atoms with E-state index >= 15 is 0 Å². The molecule has 0 radical (unpaired) electrons. The number of para-hydroxylation sites is 1. The fourth-order valence-corrected chi connectivity index (χ4v) is 2.38. The van der Waals surface area contributed by atoms with Gasteiger partial charge in [-0.3, -0.25) is 4.79 Å². The first-order valence-electron chi connectivity index (χ1n) is 7.98. The van der Waals surface area contributed by atoms with Crippen LogP contribution in [-0.2, 0) is 11.2 Å². The van der Waals surface area contributed by atoms with E-state index in [0.717, 1.165) is 23.2 Å². The van der Waals surface area contributed by atoms with Crippen molar-refractivity contribution in [2.24, 2.45) is 0 Å². The summed E-state index contributed by atoms with van der Waals surface area (Å²) in [4.78, 5) is 23.7. The number of aryl methyl sites for hydroxylation is 2. The lowest BCUT2D eigenvalue weighted by Crippen LogP contribution is -2.39. The van der Waals surface area contributed by atoms with E-state index in [4.69, 9.17) is 0 Å². The Morgan fingerprint density at radius 3 is 2.21 bits per heavy atom. The Hall–Kier alpha value is -2.82. The molecule has 5 nitrogen and oxygen atoms in total. The largest absolute Gasteiger partial charge is 0.354 e. The zero-order valence-electron chi connectivity index (χ0n) is 14.1. The summed E-state index contributed by atoms with van der Waals surface area (Å²) in [5, 5.41) is 8.15. The summed E-state index contributed by atoms with van der Waals surface area (Å²) < 4.78 is 0. The summed E-state index contributed by atoms with van der Waals surface area (Å²) in [6.07, 6.45) is 0.765. The number of urea groups is 1. The fourth-order valence-electron chi connectivity index (χ4n) is 2.38. The minimum atomic E-state index is -0.384. The maximum absolute atomic E-state index is 11.9. The molecule has 0 aliphatic heterocycles. The number of nitrogens with one attached hydrogen (secondary N) is 3. The zero-order chi connectivity index (χ0) is 17.4. The number of carbonyl (C=O) groups is 2. The molecule has 0 spiro atoms. The van der Waals surface area contributed by atoms with Crippen LogP contribution in [0.4, 0.5) is 10.5 Å². The molecule has 2 aromatic carbocycles. The van der Waals surface area contributed by atoms with E-state index < -0.39 is 0 Å². The van der Waals surface area contributed by atoms with Crippen molar-refractivity contribution in [1.82, 2.24) is 10.6 Å². The second kappa shape index (κ2) is 8.72. The van der Waals surface area contributed by atoms with Crippen LogP contribution in [0.2, 0.25) is 0 Å². The zero-order valence-corrected chi connectivity index (χ0v) is 14.1. The monoisotopic (exact) mass is 325 g/mol. The van der Waals surface area contributed by atoms with E-state index in [1.165, 1.54) is 5.56 Å². The summed E-state index contributed by atoms with van der Waals surface area (Å²) in [7, 11) is 0. The number of carbonyl (C=O) groups excluding carboxylic acids is 2. The lowest BCUT2D eigenvalue weighted by molar-refractivity contribution is -0.120. The molecule has 0 saturated carbocycles. The van der Waals surface area contributed by atoms with Crippen molar-refractivity contribution in [3.8, 4) is 0 Å². The standard InChI is InChI=1S/C19H23N3O2/c1-14-7-6-8-15(2)18(14)22-19(24)21-13-17(23)20-12-11-16-9-4-3-5-10-16/h3-10H,11-13H2,1-2H3,(H,20,23)(H2,21,22,24). The topological polar surface area (TPSA) is 70.2 Å². The summed E-state index contributed by atoms with van der Waals surface area (Å²) in [6.45, 7) is 4.35. The highest BCUT2D eigenvalue weighted by Gasteiger charge is 2.08. The van der Waals surface area contributed by atoms with Crippen LogP contribution in [0.15, 0.2) is 48.5 Å².